The van der Waals surface area contributed by atoms with E-state index in [4.69, 9.17) is 4.52 Å². The van der Waals surface area contributed by atoms with E-state index in [0.29, 0.717) is 0 Å². The lowest BCUT2D eigenvalue weighted by Gasteiger charge is -2.12. The third-order valence-corrected chi connectivity index (χ3v) is 3.65. The van der Waals surface area contributed by atoms with Gasteiger partial charge in [0.1, 0.15) is 5.82 Å². The van der Waals surface area contributed by atoms with Crippen LogP contribution in [0.2, 0.25) is 0 Å². The zero-order valence-electron chi connectivity index (χ0n) is 13.3. The highest BCUT2D eigenvalue weighted by atomic mass is 19.1. The summed E-state index contributed by atoms with van der Waals surface area (Å²) in [5, 5.41) is 6.48. The van der Waals surface area contributed by atoms with Crippen LogP contribution in [-0.2, 0) is 0 Å². The quantitative estimate of drug-likeness (QED) is 0.794. The van der Waals surface area contributed by atoms with E-state index >= 15 is 0 Å². The minimum absolute atomic E-state index is 0.0421. The molecule has 1 N–H and O–H groups in total. The van der Waals surface area contributed by atoms with Crippen molar-refractivity contribution in [1.82, 2.24) is 15.5 Å². The van der Waals surface area contributed by atoms with E-state index in [0.717, 1.165) is 16.7 Å². The van der Waals surface area contributed by atoms with Gasteiger partial charge in [0.05, 0.1) is 6.04 Å². The predicted octanol–water partition coefficient (Wildman–Crippen LogP) is 3.68. The van der Waals surface area contributed by atoms with Gasteiger partial charge >= 0.3 is 0 Å². The van der Waals surface area contributed by atoms with Crippen LogP contribution < -0.4 is 5.32 Å². The van der Waals surface area contributed by atoms with Crippen LogP contribution in [0.1, 0.15) is 34.7 Å². The first-order valence-corrected chi connectivity index (χ1v) is 7.50. The van der Waals surface area contributed by atoms with Crippen molar-refractivity contribution in [2.45, 2.75) is 19.9 Å². The highest BCUT2D eigenvalue weighted by Crippen LogP contribution is 2.18. The van der Waals surface area contributed by atoms with Crippen molar-refractivity contribution < 1.29 is 13.7 Å². The summed E-state index contributed by atoms with van der Waals surface area (Å²) < 4.78 is 18.1. The van der Waals surface area contributed by atoms with Crippen molar-refractivity contribution in [3.63, 3.8) is 0 Å². The summed E-state index contributed by atoms with van der Waals surface area (Å²) >= 11 is 0. The monoisotopic (exact) mass is 325 g/mol. The number of aromatic nitrogens is 2. The molecular weight excluding hydrogens is 309 g/mol. The summed E-state index contributed by atoms with van der Waals surface area (Å²) in [6, 6.07) is 13.2. The molecule has 0 aliphatic heterocycles. The van der Waals surface area contributed by atoms with Gasteiger partial charge in [0.25, 0.3) is 17.6 Å². The van der Waals surface area contributed by atoms with Crippen LogP contribution >= 0.6 is 0 Å². The molecule has 24 heavy (non-hydrogen) atoms. The van der Waals surface area contributed by atoms with Crippen molar-refractivity contribution in [1.29, 1.82) is 0 Å². The molecule has 2 aromatic carbocycles. The third kappa shape index (κ3) is 3.48. The van der Waals surface area contributed by atoms with Crippen LogP contribution in [0.4, 0.5) is 4.39 Å². The first-order chi connectivity index (χ1) is 11.5. The SMILES string of the molecule is Cc1ccc(-c2nc(C(=O)NC(C)c3ccc(F)cc3)no2)cc1. The van der Waals surface area contributed by atoms with E-state index in [1.165, 1.54) is 12.1 Å². The average Bonchev–Trinajstić information content (AvgIpc) is 3.06. The molecule has 0 fully saturated rings. The predicted molar refractivity (Wildman–Crippen MR) is 86.8 cm³/mol. The number of nitrogens with one attached hydrogen (secondary N) is 1. The van der Waals surface area contributed by atoms with Crippen molar-refractivity contribution in [2.24, 2.45) is 0 Å². The van der Waals surface area contributed by atoms with E-state index in [9.17, 15) is 9.18 Å². The number of hydrogen-bond acceptors (Lipinski definition) is 4. The molecule has 1 heterocycles. The van der Waals surface area contributed by atoms with Gasteiger partial charge in [0.2, 0.25) is 0 Å². The van der Waals surface area contributed by atoms with Gasteiger partial charge in [-0.05, 0) is 43.7 Å². The standard InChI is InChI=1S/C18H16FN3O2/c1-11-3-5-14(6-4-11)18-21-16(22-24-18)17(23)20-12(2)13-7-9-15(19)10-8-13/h3-10,12H,1-2H3,(H,20,23). The second kappa shape index (κ2) is 6.62. The first kappa shape index (κ1) is 15.9. The molecular formula is C18H16FN3O2. The Labute approximate surface area is 138 Å². The molecule has 6 heteroatoms. The van der Waals surface area contributed by atoms with Crippen molar-refractivity contribution in [3.8, 4) is 11.5 Å². The highest BCUT2D eigenvalue weighted by Gasteiger charge is 2.18. The normalized spacial score (nSPS) is 12.0. The fraction of sp³-hybridized carbons (Fsp3) is 0.167. The second-order valence-corrected chi connectivity index (χ2v) is 5.54. The maximum Gasteiger partial charge on any atom is 0.293 e. The Hall–Kier alpha value is -3.02. The molecule has 0 bridgehead atoms. The zero-order valence-corrected chi connectivity index (χ0v) is 13.3. The summed E-state index contributed by atoms with van der Waals surface area (Å²) in [5.41, 5.74) is 2.65. The lowest BCUT2D eigenvalue weighted by atomic mass is 10.1. The number of rotatable bonds is 4. The number of carbonyl (C=O) groups is 1. The molecule has 0 spiro atoms. The van der Waals surface area contributed by atoms with Crippen LogP contribution in [0.5, 0.6) is 0 Å². The van der Waals surface area contributed by atoms with Gasteiger partial charge in [-0.3, -0.25) is 4.79 Å². The Morgan fingerprint density at radius 2 is 1.79 bits per heavy atom. The van der Waals surface area contributed by atoms with E-state index in [1.807, 2.05) is 31.2 Å². The number of nitrogens with zero attached hydrogens (tertiary/aromatic N) is 2. The zero-order chi connectivity index (χ0) is 17.1. The summed E-state index contributed by atoms with van der Waals surface area (Å²) in [6.45, 7) is 3.78. The molecule has 1 amide bonds. The minimum Gasteiger partial charge on any atom is -0.343 e. The number of benzene rings is 2. The Morgan fingerprint density at radius 3 is 2.46 bits per heavy atom. The van der Waals surface area contributed by atoms with Crippen LogP contribution in [0.15, 0.2) is 53.1 Å². The molecule has 0 aliphatic rings. The molecule has 1 unspecified atom stereocenters. The lowest BCUT2D eigenvalue weighted by Crippen LogP contribution is -2.27. The molecule has 0 radical (unpaired) electrons. The van der Waals surface area contributed by atoms with Crippen molar-refractivity contribution in [3.05, 3.63) is 71.3 Å². The first-order valence-electron chi connectivity index (χ1n) is 7.50. The number of hydrogen-bond donors (Lipinski definition) is 1. The highest BCUT2D eigenvalue weighted by molar-refractivity contribution is 5.90. The van der Waals surface area contributed by atoms with Crippen LogP contribution in [0, 0.1) is 12.7 Å². The van der Waals surface area contributed by atoms with Gasteiger partial charge in [-0.25, -0.2) is 4.39 Å². The summed E-state index contributed by atoms with van der Waals surface area (Å²) in [5.74, 6) is -0.527. The van der Waals surface area contributed by atoms with Gasteiger partial charge in [-0.15, -0.1) is 0 Å². The Kier molecular flexibility index (Phi) is 4.37. The van der Waals surface area contributed by atoms with Crippen LogP contribution in [-0.4, -0.2) is 16.0 Å². The summed E-state index contributed by atoms with van der Waals surface area (Å²) in [7, 11) is 0. The molecule has 3 rings (SSSR count). The molecule has 0 aliphatic carbocycles. The fourth-order valence-electron chi connectivity index (χ4n) is 2.23. The number of aryl methyl sites for hydroxylation is 1. The Morgan fingerprint density at radius 1 is 1.12 bits per heavy atom. The van der Waals surface area contributed by atoms with Gasteiger partial charge in [-0.2, -0.15) is 4.98 Å². The second-order valence-electron chi connectivity index (χ2n) is 5.54. The van der Waals surface area contributed by atoms with Gasteiger partial charge in [0.15, 0.2) is 0 Å². The van der Waals surface area contributed by atoms with E-state index in [2.05, 4.69) is 15.5 Å². The molecule has 1 aromatic heterocycles. The number of carbonyl (C=O) groups excluding carboxylic acids is 1. The molecule has 122 valence electrons. The van der Waals surface area contributed by atoms with Crippen molar-refractivity contribution >= 4 is 5.91 Å². The molecule has 3 aromatic rings. The van der Waals surface area contributed by atoms with Crippen LogP contribution in [0.3, 0.4) is 0 Å². The smallest absolute Gasteiger partial charge is 0.293 e. The average molecular weight is 325 g/mol. The van der Waals surface area contributed by atoms with E-state index in [-0.39, 0.29) is 23.6 Å². The van der Waals surface area contributed by atoms with Crippen LogP contribution in [0.25, 0.3) is 11.5 Å². The minimum atomic E-state index is -0.450. The summed E-state index contributed by atoms with van der Waals surface area (Å²) in [4.78, 5) is 16.3. The van der Waals surface area contributed by atoms with Gasteiger partial charge in [0, 0.05) is 5.56 Å². The molecule has 0 saturated carbocycles. The summed E-state index contributed by atoms with van der Waals surface area (Å²) in [6.07, 6.45) is 0. The van der Waals surface area contributed by atoms with E-state index in [1.54, 1.807) is 19.1 Å². The number of amides is 1. The van der Waals surface area contributed by atoms with Gasteiger partial charge in [-0.1, -0.05) is 35.0 Å². The third-order valence-electron chi connectivity index (χ3n) is 3.65. The Balaban J connectivity index is 1.71. The number of halogens is 1. The largest absolute Gasteiger partial charge is 0.343 e. The van der Waals surface area contributed by atoms with Gasteiger partial charge < -0.3 is 9.84 Å². The molecule has 1 atom stereocenters. The molecule has 5 nitrogen and oxygen atoms in total. The van der Waals surface area contributed by atoms with E-state index < -0.39 is 5.91 Å². The topological polar surface area (TPSA) is 68.0 Å². The maximum absolute atomic E-state index is 12.9. The molecule has 0 saturated heterocycles. The lowest BCUT2D eigenvalue weighted by molar-refractivity contribution is 0.0926. The van der Waals surface area contributed by atoms with Crippen molar-refractivity contribution in [2.75, 3.05) is 0 Å². The fourth-order valence-corrected chi connectivity index (χ4v) is 2.23. The Bertz CT molecular complexity index is 841. The maximum atomic E-state index is 12.9.